The molecule has 0 spiro atoms. The van der Waals surface area contributed by atoms with E-state index in [1.54, 1.807) is 0 Å². The highest BCUT2D eigenvalue weighted by atomic mass is 32.2. The van der Waals surface area contributed by atoms with Gasteiger partial charge < -0.3 is 4.74 Å². The first-order valence-corrected chi connectivity index (χ1v) is 7.16. The molecule has 0 radical (unpaired) electrons. The number of esters is 1. The fourth-order valence-corrected chi connectivity index (χ4v) is 5.24. The Morgan fingerprint density at radius 2 is 2.11 bits per heavy atom. The summed E-state index contributed by atoms with van der Waals surface area (Å²) in [5.41, 5.74) is 8.29. The second-order valence-corrected chi connectivity index (χ2v) is 6.86. The van der Waals surface area contributed by atoms with Crippen molar-refractivity contribution in [2.45, 2.75) is 18.1 Å². The molecule has 2 aliphatic carbocycles. The summed E-state index contributed by atoms with van der Waals surface area (Å²) in [5, 5.41) is -0.752. The summed E-state index contributed by atoms with van der Waals surface area (Å²) in [6.45, 7) is 3.72. The molecule has 8 heteroatoms. The molecule has 5 atom stereocenters. The number of nitrogens with zero attached hydrogens (tertiary/aromatic N) is 3. The fourth-order valence-electron chi connectivity index (χ4n) is 3.81. The van der Waals surface area contributed by atoms with Crippen LogP contribution >= 0.6 is 0 Å². The largest absolute Gasteiger partial charge is 0.431 e. The predicted octanol–water partition coefficient (Wildman–Crippen LogP) is 1.34. The van der Waals surface area contributed by atoms with Crippen LogP contribution in [-0.2, 0) is 19.6 Å². The first-order chi connectivity index (χ1) is 8.45. The Kier molecular flexibility index (Phi) is 2.24. The van der Waals surface area contributed by atoms with Gasteiger partial charge in [-0.25, -0.2) is 8.42 Å². The van der Waals surface area contributed by atoms with Gasteiger partial charge in [-0.2, -0.15) is 0 Å². The minimum atomic E-state index is -3.85. The summed E-state index contributed by atoms with van der Waals surface area (Å²) in [7, 11) is -3.85. The van der Waals surface area contributed by atoms with Crippen LogP contribution < -0.4 is 0 Å². The number of hydrogen-bond acceptors (Lipinski definition) is 4. The quantitative estimate of drug-likeness (QED) is 0.326. The average molecular weight is 269 g/mol. The third-order valence-electron chi connectivity index (χ3n) is 4.35. The van der Waals surface area contributed by atoms with Crippen LogP contribution in [0.1, 0.15) is 12.8 Å². The number of rotatable bonds is 2. The van der Waals surface area contributed by atoms with Gasteiger partial charge in [0.25, 0.3) is 0 Å². The van der Waals surface area contributed by atoms with E-state index in [2.05, 4.69) is 16.0 Å². The molecule has 0 aromatic rings. The lowest BCUT2D eigenvalue weighted by molar-refractivity contribution is -0.140. The van der Waals surface area contributed by atoms with Crippen LogP contribution in [0.2, 0.25) is 0 Å². The Morgan fingerprint density at radius 1 is 1.39 bits per heavy atom. The number of ether oxygens (including phenoxy) is 1. The lowest BCUT2D eigenvalue weighted by atomic mass is 9.80. The third-order valence-corrected chi connectivity index (χ3v) is 5.96. The summed E-state index contributed by atoms with van der Waals surface area (Å²) in [5.74, 6) is -0.629. The lowest BCUT2D eigenvalue weighted by Gasteiger charge is -2.26. The molecule has 3 aliphatic rings. The van der Waals surface area contributed by atoms with Gasteiger partial charge in [-0.3, -0.25) is 4.79 Å². The van der Waals surface area contributed by atoms with Crippen molar-refractivity contribution in [3.05, 3.63) is 22.8 Å². The van der Waals surface area contributed by atoms with E-state index in [9.17, 15) is 13.2 Å². The molecule has 96 valence electrons. The number of carbonyl (C=O) groups excluding carboxylic acids is 1. The van der Waals surface area contributed by atoms with Gasteiger partial charge in [-0.15, -0.1) is 0 Å². The smallest absolute Gasteiger partial charge is 0.315 e. The van der Waals surface area contributed by atoms with Crippen molar-refractivity contribution >= 4 is 16.0 Å². The maximum absolute atomic E-state index is 11.8. The van der Waals surface area contributed by atoms with Crippen molar-refractivity contribution in [2.24, 2.45) is 28.2 Å². The van der Waals surface area contributed by atoms with Crippen molar-refractivity contribution in [1.82, 2.24) is 0 Å². The van der Waals surface area contributed by atoms with Gasteiger partial charge in [0.05, 0.1) is 11.2 Å². The van der Waals surface area contributed by atoms with Crippen LogP contribution in [0.4, 0.5) is 0 Å². The Balaban J connectivity index is 1.97. The average Bonchev–Trinajstić information content (AvgIpc) is 2.91. The summed E-state index contributed by atoms with van der Waals surface area (Å²) in [4.78, 5) is 14.1. The molecular formula is C10H11N3O4S. The van der Waals surface area contributed by atoms with Crippen LogP contribution in [-0.4, -0.2) is 19.6 Å². The van der Waals surface area contributed by atoms with E-state index in [4.69, 9.17) is 10.3 Å². The van der Waals surface area contributed by atoms with Crippen molar-refractivity contribution in [2.75, 3.05) is 0 Å². The van der Waals surface area contributed by atoms with E-state index in [1.165, 1.54) is 0 Å². The van der Waals surface area contributed by atoms with E-state index in [-0.39, 0.29) is 17.8 Å². The van der Waals surface area contributed by atoms with Gasteiger partial charge in [0.1, 0.15) is 5.76 Å². The predicted molar refractivity (Wildman–Crippen MR) is 60.3 cm³/mol. The van der Waals surface area contributed by atoms with E-state index in [0.29, 0.717) is 18.6 Å². The molecule has 5 unspecified atom stereocenters. The molecule has 7 nitrogen and oxygen atoms in total. The minimum Gasteiger partial charge on any atom is -0.431 e. The Morgan fingerprint density at radius 3 is 2.78 bits per heavy atom. The Labute approximate surface area is 103 Å². The van der Waals surface area contributed by atoms with Gasteiger partial charge in [-0.1, -0.05) is 6.58 Å². The first kappa shape index (κ1) is 11.6. The van der Waals surface area contributed by atoms with Gasteiger partial charge in [-0.05, 0) is 30.2 Å². The first-order valence-electron chi connectivity index (χ1n) is 5.66. The van der Waals surface area contributed by atoms with Crippen molar-refractivity contribution in [1.29, 1.82) is 0 Å². The summed E-state index contributed by atoms with van der Waals surface area (Å²) >= 11 is 0. The topological polar surface area (TPSA) is 109 Å². The summed E-state index contributed by atoms with van der Waals surface area (Å²) in [6.07, 6.45) is 1.08. The SMILES string of the molecule is C=C1OC(=O)C2C3CC(CC3S(=O)(=O)N=[N+]=[N-])C12. The molecule has 0 N–H and O–H groups in total. The van der Waals surface area contributed by atoms with Gasteiger partial charge in [0.15, 0.2) is 0 Å². The standard InChI is InChI=1S/C10H11N3O4S/c1-4-8-5-2-6(9(8)10(14)17-4)7(3-5)18(15,16)13-12-11/h5-9H,1-3H2. The van der Waals surface area contributed by atoms with E-state index < -0.39 is 27.2 Å². The summed E-state index contributed by atoms with van der Waals surface area (Å²) < 4.78 is 31.5. The maximum atomic E-state index is 11.8. The summed E-state index contributed by atoms with van der Waals surface area (Å²) in [6, 6.07) is 0. The molecule has 2 saturated carbocycles. The van der Waals surface area contributed by atoms with Crippen molar-refractivity contribution in [3.8, 4) is 0 Å². The molecular weight excluding hydrogens is 258 g/mol. The molecule has 0 amide bonds. The molecule has 1 saturated heterocycles. The zero-order valence-corrected chi connectivity index (χ0v) is 10.2. The maximum Gasteiger partial charge on any atom is 0.315 e. The van der Waals surface area contributed by atoms with Gasteiger partial charge in [0.2, 0.25) is 10.0 Å². The molecule has 0 aromatic heterocycles. The van der Waals surface area contributed by atoms with E-state index >= 15 is 0 Å². The van der Waals surface area contributed by atoms with Crippen LogP contribution in [0, 0.1) is 23.7 Å². The van der Waals surface area contributed by atoms with E-state index in [1.807, 2.05) is 0 Å². The minimum absolute atomic E-state index is 0.0555. The Bertz CT molecular complexity index is 592. The zero-order valence-electron chi connectivity index (χ0n) is 9.39. The number of allylic oxidation sites excluding steroid dienone is 1. The lowest BCUT2D eigenvalue weighted by Crippen LogP contribution is -2.36. The highest BCUT2D eigenvalue weighted by molar-refractivity contribution is 7.90. The molecule has 0 aromatic carbocycles. The van der Waals surface area contributed by atoms with E-state index in [0.717, 1.165) is 0 Å². The second-order valence-electron chi connectivity index (χ2n) is 5.06. The number of hydrogen-bond donors (Lipinski definition) is 0. The Hall–Kier alpha value is -1.53. The van der Waals surface area contributed by atoms with Crippen LogP contribution in [0.25, 0.3) is 10.4 Å². The van der Waals surface area contributed by atoms with Crippen molar-refractivity contribution in [3.63, 3.8) is 0 Å². The second kappa shape index (κ2) is 3.49. The molecule has 1 heterocycles. The third kappa shape index (κ3) is 1.33. The van der Waals surface area contributed by atoms with Crippen molar-refractivity contribution < 1.29 is 17.9 Å². The monoisotopic (exact) mass is 269 g/mol. The number of sulfonamides is 1. The number of carbonyl (C=O) groups is 1. The number of azide groups is 1. The van der Waals surface area contributed by atoms with Gasteiger partial charge >= 0.3 is 5.97 Å². The van der Waals surface area contributed by atoms with Gasteiger partial charge in [0, 0.05) is 15.3 Å². The molecule has 3 fully saturated rings. The molecule has 18 heavy (non-hydrogen) atoms. The highest BCUT2D eigenvalue weighted by Crippen LogP contribution is 2.59. The highest BCUT2D eigenvalue weighted by Gasteiger charge is 2.63. The number of cyclic esters (lactones) is 1. The van der Waals surface area contributed by atoms with Crippen LogP contribution in [0.5, 0.6) is 0 Å². The molecule has 2 bridgehead atoms. The van der Waals surface area contributed by atoms with Crippen LogP contribution in [0.3, 0.4) is 0 Å². The zero-order chi connectivity index (χ0) is 13.1. The normalized spacial score (nSPS) is 41.4. The molecule has 3 rings (SSSR count). The molecule has 1 aliphatic heterocycles. The fraction of sp³-hybridized carbons (Fsp3) is 0.700. The van der Waals surface area contributed by atoms with Crippen LogP contribution in [0.15, 0.2) is 16.9 Å². The number of fused-ring (bicyclic) bond motifs is 5.